The molecule has 0 spiro atoms. The van der Waals surface area contributed by atoms with Crippen LogP contribution in [0.5, 0.6) is 0 Å². The van der Waals surface area contributed by atoms with Gasteiger partial charge < -0.3 is 4.74 Å². The van der Waals surface area contributed by atoms with Crippen LogP contribution in [0.15, 0.2) is 146 Å². The van der Waals surface area contributed by atoms with Crippen molar-refractivity contribution >= 4 is 11.8 Å². The normalized spacial score (nSPS) is 12.7. The lowest BCUT2D eigenvalue weighted by molar-refractivity contribution is 0.141. The van der Waals surface area contributed by atoms with Crippen molar-refractivity contribution in [3.63, 3.8) is 0 Å². The Bertz CT molecular complexity index is 2230. The Labute approximate surface area is 303 Å². The van der Waals surface area contributed by atoms with Gasteiger partial charge in [0.1, 0.15) is 6.61 Å². The fraction of sp³-hybridized carbons (Fsp3) is 0.159. The Hall–Kier alpha value is -6.41. The highest BCUT2D eigenvalue weighted by atomic mass is 16.6. The number of aromatic nitrogens is 5. The number of tetrazole rings is 1. The summed E-state index contributed by atoms with van der Waals surface area (Å²) in [6.45, 7) is 4.81. The highest BCUT2D eigenvalue weighted by Gasteiger charge is 2.41. The van der Waals surface area contributed by atoms with Gasteiger partial charge >= 0.3 is 6.09 Å². The maximum atomic E-state index is 13.1. The molecule has 7 aromatic rings. The molecule has 2 aromatic heterocycles. The fourth-order valence-electron chi connectivity index (χ4n) is 7.25. The molecule has 1 amide bonds. The number of carbonyl (C=O) groups excluding carboxylic acids is 1. The van der Waals surface area contributed by atoms with Gasteiger partial charge in [0, 0.05) is 22.5 Å². The lowest BCUT2D eigenvalue weighted by Crippen LogP contribution is -2.39. The van der Waals surface area contributed by atoms with Crippen LogP contribution in [-0.2, 0) is 36.3 Å². The van der Waals surface area contributed by atoms with Crippen molar-refractivity contribution in [1.82, 2.24) is 25.2 Å². The number of aryl methyl sites for hydroxylation is 2. The number of carbonyl (C=O) groups is 1. The number of ether oxygens (including phenoxy) is 1. The quantitative estimate of drug-likeness (QED) is 0.134. The topological polar surface area (TPSA) is 86.0 Å². The number of nitrogens with zero attached hydrogens (tertiary/aromatic N) is 6. The van der Waals surface area contributed by atoms with Crippen LogP contribution in [0, 0.1) is 0 Å². The van der Waals surface area contributed by atoms with Crippen LogP contribution in [0.1, 0.15) is 53.1 Å². The summed E-state index contributed by atoms with van der Waals surface area (Å²) < 4.78 is 5.60. The summed E-state index contributed by atoms with van der Waals surface area (Å²) in [7, 11) is 0. The molecule has 256 valence electrons. The summed E-state index contributed by atoms with van der Waals surface area (Å²) in [5.74, 6) is 0.520. The second kappa shape index (κ2) is 14.1. The van der Waals surface area contributed by atoms with E-state index in [0.717, 1.165) is 74.4 Å². The van der Waals surface area contributed by atoms with Crippen molar-refractivity contribution in [3.05, 3.63) is 185 Å². The highest BCUT2D eigenvalue weighted by Crippen LogP contribution is 2.40. The van der Waals surface area contributed by atoms with Crippen molar-refractivity contribution in [2.24, 2.45) is 0 Å². The molecule has 0 bridgehead atoms. The minimum atomic E-state index is -0.869. The van der Waals surface area contributed by atoms with Crippen molar-refractivity contribution in [2.45, 2.75) is 45.4 Å². The Morgan fingerprint density at radius 1 is 0.692 bits per heavy atom. The zero-order valence-electron chi connectivity index (χ0n) is 29.2. The molecule has 0 aliphatic carbocycles. The largest absolute Gasteiger partial charge is 0.444 e. The van der Waals surface area contributed by atoms with Crippen LogP contribution in [0.4, 0.5) is 10.5 Å². The van der Waals surface area contributed by atoms with Gasteiger partial charge in [0.25, 0.3) is 0 Å². The van der Waals surface area contributed by atoms with E-state index in [1.165, 1.54) is 0 Å². The predicted molar refractivity (Wildman–Crippen MR) is 203 cm³/mol. The standard InChI is InChI=1S/C44H38N6O2/c1-3-36-28-41-39(40(4-2)45-36)30-52-43(51)49(41)29-31-24-26-32(27-25-31)37-22-14-15-23-38(37)42-46-48-50(47-42)44(33-16-8-5-9-17-33,34-18-10-6-11-19-34)35-20-12-7-13-21-35/h5-28H,3-4,29-30H2,1-2H3. The zero-order valence-corrected chi connectivity index (χ0v) is 29.2. The molecule has 8 heteroatoms. The summed E-state index contributed by atoms with van der Waals surface area (Å²) in [5.41, 5.74) is 9.87. The summed E-state index contributed by atoms with van der Waals surface area (Å²) in [6.07, 6.45) is 1.24. The van der Waals surface area contributed by atoms with Crippen molar-refractivity contribution < 1.29 is 9.53 Å². The third kappa shape index (κ3) is 5.82. The van der Waals surface area contributed by atoms with E-state index in [1.54, 1.807) is 9.70 Å². The molecule has 8 rings (SSSR count). The lowest BCUT2D eigenvalue weighted by atomic mass is 9.77. The average Bonchev–Trinajstić information content (AvgIpc) is 3.71. The third-order valence-corrected chi connectivity index (χ3v) is 9.85. The number of fused-ring (bicyclic) bond motifs is 1. The van der Waals surface area contributed by atoms with Crippen LogP contribution in [-0.4, -0.2) is 31.3 Å². The maximum Gasteiger partial charge on any atom is 0.414 e. The third-order valence-electron chi connectivity index (χ3n) is 9.85. The lowest BCUT2D eigenvalue weighted by Gasteiger charge is -2.34. The van der Waals surface area contributed by atoms with E-state index in [-0.39, 0.29) is 12.7 Å². The van der Waals surface area contributed by atoms with E-state index in [4.69, 9.17) is 25.1 Å². The second-order valence-electron chi connectivity index (χ2n) is 12.9. The molecule has 0 fully saturated rings. The highest BCUT2D eigenvalue weighted by molar-refractivity contribution is 5.90. The minimum absolute atomic E-state index is 0.252. The predicted octanol–water partition coefficient (Wildman–Crippen LogP) is 9.02. The van der Waals surface area contributed by atoms with Gasteiger partial charge in [0.2, 0.25) is 5.82 Å². The SMILES string of the molecule is CCc1cc2c(c(CC)n1)COC(=O)N2Cc1ccc(-c2ccccc2-c2nnn(C(c3ccccc3)(c3ccccc3)c3ccccc3)n2)cc1. The van der Waals surface area contributed by atoms with Gasteiger partial charge in [-0.05, 0) is 57.5 Å². The monoisotopic (exact) mass is 682 g/mol. The number of amides is 1. The first-order valence-corrected chi connectivity index (χ1v) is 17.7. The summed E-state index contributed by atoms with van der Waals surface area (Å²) in [5, 5.41) is 14.6. The van der Waals surface area contributed by atoms with Gasteiger partial charge in [-0.2, -0.15) is 0 Å². The first-order valence-electron chi connectivity index (χ1n) is 17.7. The fourth-order valence-corrected chi connectivity index (χ4v) is 7.25. The molecule has 0 N–H and O–H groups in total. The van der Waals surface area contributed by atoms with E-state index in [1.807, 2.05) is 78.9 Å². The van der Waals surface area contributed by atoms with E-state index in [9.17, 15) is 4.79 Å². The number of cyclic esters (lactones) is 1. The molecular formula is C44H38N6O2. The van der Waals surface area contributed by atoms with Crippen LogP contribution >= 0.6 is 0 Å². The summed E-state index contributed by atoms with van der Waals surface area (Å²) >= 11 is 0. The minimum Gasteiger partial charge on any atom is -0.444 e. The Kier molecular flexibility index (Phi) is 8.87. The molecule has 0 radical (unpaired) electrons. The van der Waals surface area contributed by atoms with E-state index >= 15 is 0 Å². The molecule has 0 saturated carbocycles. The van der Waals surface area contributed by atoms with Crippen molar-refractivity contribution in [3.8, 4) is 22.5 Å². The molecule has 3 heterocycles. The number of pyridine rings is 1. The van der Waals surface area contributed by atoms with Crippen LogP contribution in [0.3, 0.4) is 0 Å². The van der Waals surface area contributed by atoms with Gasteiger partial charge in [0.05, 0.1) is 12.2 Å². The van der Waals surface area contributed by atoms with Gasteiger partial charge in [-0.1, -0.05) is 153 Å². The maximum absolute atomic E-state index is 13.1. The second-order valence-corrected chi connectivity index (χ2v) is 12.9. The molecule has 52 heavy (non-hydrogen) atoms. The van der Waals surface area contributed by atoms with Gasteiger partial charge in [-0.3, -0.25) is 9.88 Å². The molecule has 0 unspecified atom stereocenters. The van der Waals surface area contributed by atoms with Crippen molar-refractivity contribution in [2.75, 3.05) is 4.90 Å². The number of hydrogen-bond acceptors (Lipinski definition) is 6. The molecular weight excluding hydrogens is 645 g/mol. The van der Waals surface area contributed by atoms with E-state index in [2.05, 4.69) is 80.6 Å². The Balaban J connectivity index is 1.16. The van der Waals surface area contributed by atoms with E-state index in [0.29, 0.717) is 12.4 Å². The molecule has 8 nitrogen and oxygen atoms in total. The molecule has 1 aliphatic rings. The van der Waals surface area contributed by atoms with Crippen molar-refractivity contribution in [1.29, 1.82) is 0 Å². The molecule has 1 aliphatic heterocycles. The number of benzene rings is 5. The first kappa shape index (κ1) is 32.8. The summed E-state index contributed by atoms with van der Waals surface area (Å²) in [4.78, 5) is 21.3. The van der Waals surface area contributed by atoms with Gasteiger partial charge in [-0.25, -0.2) is 4.79 Å². The number of rotatable bonds is 10. The van der Waals surface area contributed by atoms with E-state index < -0.39 is 5.54 Å². The molecule has 0 atom stereocenters. The Morgan fingerprint density at radius 2 is 1.27 bits per heavy atom. The zero-order chi connectivity index (χ0) is 35.5. The number of hydrogen-bond donors (Lipinski definition) is 0. The number of anilines is 1. The van der Waals surface area contributed by atoms with Crippen LogP contribution < -0.4 is 4.90 Å². The first-order chi connectivity index (χ1) is 25.6. The molecule has 5 aromatic carbocycles. The average molecular weight is 683 g/mol. The Morgan fingerprint density at radius 3 is 1.85 bits per heavy atom. The van der Waals surface area contributed by atoms with Crippen LogP contribution in [0.2, 0.25) is 0 Å². The van der Waals surface area contributed by atoms with Gasteiger partial charge in [-0.15, -0.1) is 15.0 Å². The van der Waals surface area contributed by atoms with Gasteiger partial charge in [0.15, 0.2) is 5.54 Å². The van der Waals surface area contributed by atoms with Crippen LogP contribution in [0.25, 0.3) is 22.5 Å². The summed E-state index contributed by atoms with van der Waals surface area (Å²) in [6, 6.07) is 49.4. The molecule has 0 saturated heterocycles. The smallest absolute Gasteiger partial charge is 0.414 e.